The Morgan fingerprint density at radius 2 is 2.47 bits per heavy atom. The minimum atomic E-state index is 0.198. The molecule has 0 saturated carbocycles. The van der Waals surface area contributed by atoms with E-state index in [4.69, 9.17) is 0 Å². The van der Waals surface area contributed by atoms with E-state index in [2.05, 4.69) is 17.3 Å². The molecule has 1 fully saturated rings. The van der Waals surface area contributed by atoms with Crippen molar-refractivity contribution in [3.8, 4) is 0 Å². The monoisotopic (exact) mass is 235 g/mol. The molecule has 0 bridgehead atoms. The fraction of sp³-hybridized carbons (Fsp3) is 0.692. The minimum absolute atomic E-state index is 0.198. The normalized spacial score (nSPS) is 20.5. The summed E-state index contributed by atoms with van der Waals surface area (Å²) in [6.45, 7) is 3.98. The molecule has 1 atom stereocenters. The lowest BCUT2D eigenvalue weighted by Gasteiger charge is -2.21. The van der Waals surface area contributed by atoms with Crippen LogP contribution in [-0.4, -0.2) is 28.7 Å². The molecule has 0 aliphatic carbocycles. The summed E-state index contributed by atoms with van der Waals surface area (Å²) in [5.74, 6) is 0.548. The summed E-state index contributed by atoms with van der Waals surface area (Å²) in [6, 6.07) is 2.05. The number of nitrogens with zero attached hydrogens (tertiary/aromatic N) is 2. The lowest BCUT2D eigenvalue weighted by molar-refractivity contribution is -0.122. The zero-order chi connectivity index (χ0) is 12.3. The van der Waals surface area contributed by atoms with Crippen molar-refractivity contribution in [2.45, 2.75) is 32.6 Å². The van der Waals surface area contributed by atoms with Crippen LogP contribution in [0.5, 0.6) is 0 Å². The topological polar surface area (TPSA) is 46.9 Å². The van der Waals surface area contributed by atoms with E-state index in [1.54, 1.807) is 0 Å². The summed E-state index contributed by atoms with van der Waals surface area (Å²) in [5.41, 5.74) is 2.11. The average molecular weight is 235 g/mol. The van der Waals surface area contributed by atoms with Gasteiger partial charge in [-0.2, -0.15) is 5.10 Å². The smallest absolute Gasteiger partial charge is 0.143 e. The van der Waals surface area contributed by atoms with Gasteiger partial charge in [0.2, 0.25) is 0 Å². The van der Waals surface area contributed by atoms with Crippen molar-refractivity contribution in [3.63, 3.8) is 0 Å². The number of aryl methyl sites for hydroxylation is 2. The molecule has 2 rings (SSSR count). The van der Waals surface area contributed by atoms with Crippen LogP contribution in [0.15, 0.2) is 6.07 Å². The molecule has 4 heteroatoms. The van der Waals surface area contributed by atoms with E-state index in [1.165, 1.54) is 0 Å². The maximum Gasteiger partial charge on any atom is 0.143 e. The molecule has 1 unspecified atom stereocenters. The highest BCUT2D eigenvalue weighted by Crippen LogP contribution is 2.14. The number of hydrogen-bond acceptors (Lipinski definition) is 3. The zero-order valence-corrected chi connectivity index (χ0v) is 10.7. The molecule has 0 amide bonds. The van der Waals surface area contributed by atoms with Gasteiger partial charge < -0.3 is 5.32 Å². The third kappa shape index (κ3) is 2.94. The fourth-order valence-corrected chi connectivity index (χ4v) is 2.36. The molecule has 2 heterocycles. The largest absolute Gasteiger partial charge is 0.316 e. The Balaban J connectivity index is 1.99. The molecule has 1 aliphatic rings. The van der Waals surface area contributed by atoms with Crippen LogP contribution in [0.1, 0.15) is 31.2 Å². The number of ketones is 1. The SMILES string of the molecule is CCc1cc(CC(=O)C2CCCNC2)n(C)n1. The maximum absolute atomic E-state index is 12.1. The molecule has 1 N–H and O–H groups in total. The first-order valence-electron chi connectivity index (χ1n) is 6.46. The molecule has 0 aromatic carbocycles. The first kappa shape index (κ1) is 12.3. The van der Waals surface area contributed by atoms with Gasteiger partial charge in [-0.3, -0.25) is 9.48 Å². The van der Waals surface area contributed by atoms with E-state index in [-0.39, 0.29) is 5.92 Å². The second kappa shape index (κ2) is 5.45. The Morgan fingerprint density at radius 1 is 1.65 bits per heavy atom. The number of rotatable bonds is 4. The van der Waals surface area contributed by atoms with Gasteiger partial charge in [0, 0.05) is 31.6 Å². The summed E-state index contributed by atoms with van der Waals surface area (Å²) in [7, 11) is 1.92. The standard InChI is InChI=1S/C13H21N3O/c1-3-11-7-12(16(2)15-11)8-13(17)10-5-4-6-14-9-10/h7,10,14H,3-6,8-9H2,1-2H3. The van der Waals surface area contributed by atoms with Crippen molar-refractivity contribution in [1.82, 2.24) is 15.1 Å². The molecule has 0 radical (unpaired) electrons. The molecule has 1 aromatic heterocycles. The van der Waals surface area contributed by atoms with Crippen molar-refractivity contribution in [3.05, 3.63) is 17.5 Å². The highest BCUT2D eigenvalue weighted by molar-refractivity contribution is 5.83. The predicted molar refractivity (Wildman–Crippen MR) is 66.9 cm³/mol. The van der Waals surface area contributed by atoms with Crippen LogP contribution in [0.2, 0.25) is 0 Å². The van der Waals surface area contributed by atoms with Gasteiger partial charge in [-0.25, -0.2) is 0 Å². The number of nitrogens with one attached hydrogen (secondary N) is 1. The molecule has 94 valence electrons. The Kier molecular flexibility index (Phi) is 3.94. The van der Waals surface area contributed by atoms with Crippen molar-refractivity contribution in [2.75, 3.05) is 13.1 Å². The Morgan fingerprint density at radius 3 is 3.06 bits per heavy atom. The highest BCUT2D eigenvalue weighted by atomic mass is 16.1. The third-order valence-corrected chi connectivity index (χ3v) is 3.50. The van der Waals surface area contributed by atoms with Crippen molar-refractivity contribution >= 4 is 5.78 Å². The minimum Gasteiger partial charge on any atom is -0.316 e. The fourth-order valence-electron chi connectivity index (χ4n) is 2.36. The van der Waals surface area contributed by atoms with Gasteiger partial charge in [-0.15, -0.1) is 0 Å². The number of carbonyl (C=O) groups is 1. The van der Waals surface area contributed by atoms with Gasteiger partial charge in [-0.1, -0.05) is 6.92 Å². The second-order valence-electron chi connectivity index (χ2n) is 4.79. The third-order valence-electron chi connectivity index (χ3n) is 3.50. The van der Waals surface area contributed by atoms with Crippen LogP contribution >= 0.6 is 0 Å². The molecule has 17 heavy (non-hydrogen) atoms. The van der Waals surface area contributed by atoms with Crippen LogP contribution in [0, 0.1) is 5.92 Å². The second-order valence-corrected chi connectivity index (χ2v) is 4.79. The Bertz CT molecular complexity index is 391. The molecule has 4 nitrogen and oxygen atoms in total. The van der Waals surface area contributed by atoms with E-state index in [0.717, 1.165) is 43.7 Å². The van der Waals surface area contributed by atoms with E-state index >= 15 is 0 Å². The molecule has 1 saturated heterocycles. The molecule has 0 spiro atoms. The number of hydrogen-bond donors (Lipinski definition) is 1. The lowest BCUT2D eigenvalue weighted by Crippen LogP contribution is -2.35. The quantitative estimate of drug-likeness (QED) is 0.850. The summed E-state index contributed by atoms with van der Waals surface area (Å²) < 4.78 is 1.84. The zero-order valence-electron chi connectivity index (χ0n) is 10.7. The lowest BCUT2D eigenvalue weighted by atomic mass is 9.92. The van der Waals surface area contributed by atoms with Gasteiger partial charge in [0.05, 0.1) is 5.69 Å². The van der Waals surface area contributed by atoms with Gasteiger partial charge in [0.15, 0.2) is 0 Å². The van der Waals surface area contributed by atoms with Crippen LogP contribution in [0.3, 0.4) is 0 Å². The van der Waals surface area contributed by atoms with Crippen LogP contribution in [0.25, 0.3) is 0 Å². The van der Waals surface area contributed by atoms with Crippen molar-refractivity contribution < 1.29 is 4.79 Å². The summed E-state index contributed by atoms with van der Waals surface area (Å²) in [6.07, 6.45) is 3.59. The van der Waals surface area contributed by atoms with Crippen LogP contribution in [-0.2, 0) is 24.7 Å². The van der Waals surface area contributed by atoms with Gasteiger partial charge >= 0.3 is 0 Å². The summed E-state index contributed by atoms with van der Waals surface area (Å²) in [5, 5.41) is 7.67. The molecule has 1 aliphatic heterocycles. The van der Waals surface area contributed by atoms with E-state index in [1.807, 2.05) is 17.8 Å². The number of Topliss-reactive ketones (excluding diaryl/α,β-unsaturated/α-hetero) is 1. The van der Waals surface area contributed by atoms with E-state index in [0.29, 0.717) is 12.2 Å². The van der Waals surface area contributed by atoms with E-state index < -0.39 is 0 Å². The average Bonchev–Trinajstić information content (AvgIpc) is 2.71. The van der Waals surface area contributed by atoms with Gasteiger partial charge in [-0.05, 0) is 31.9 Å². The molecule has 1 aromatic rings. The predicted octanol–water partition coefficient (Wildman–Crippen LogP) is 1.09. The highest BCUT2D eigenvalue weighted by Gasteiger charge is 2.21. The van der Waals surface area contributed by atoms with Crippen LogP contribution in [0.4, 0.5) is 0 Å². The molecular formula is C13H21N3O. The molecular weight excluding hydrogens is 214 g/mol. The van der Waals surface area contributed by atoms with Gasteiger partial charge in [0.25, 0.3) is 0 Å². The summed E-state index contributed by atoms with van der Waals surface area (Å²) in [4.78, 5) is 12.1. The number of carbonyl (C=O) groups excluding carboxylic acids is 1. The number of piperidine rings is 1. The first-order valence-corrected chi connectivity index (χ1v) is 6.46. The van der Waals surface area contributed by atoms with Crippen LogP contribution < -0.4 is 5.32 Å². The van der Waals surface area contributed by atoms with Gasteiger partial charge in [0.1, 0.15) is 5.78 Å². The van der Waals surface area contributed by atoms with E-state index in [9.17, 15) is 4.79 Å². The Hall–Kier alpha value is -1.16. The van der Waals surface area contributed by atoms with Crippen molar-refractivity contribution in [1.29, 1.82) is 0 Å². The summed E-state index contributed by atoms with van der Waals surface area (Å²) >= 11 is 0. The van der Waals surface area contributed by atoms with Crippen molar-refractivity contribution in [2.24, 2.45) is 13.0 Å². The number of aromatic nitrogens is 2. The first-order chi connectivity index (χ1) is 8.20. The Labute approximate surface area is 102 Å². The maximum atomic E-state index is 12.1.